The number of aromatic nitrogens is 4. The molecule has 0 fully saturated rings. The summed E-state index contributed by atoms with van der Waals surface area (Å²) in [5, 5.41) is 11.5. The molecule has 5 N–H and O–H groups in total. The summed E-state index contributed by atoms with van der Waals surface area (Å²) in [7, 11) is 2.07. The van der Waals surface area contributed by atoms with Gasteiger partial charge in [-0.15, -0.1) is 0 Å². The number of carbonyl (C=O) groups is 1. The van der Waals surface area contributed by atoms with Gasteiger partial charge in [0.25, 0.3) is 6.47 Å². The summed E-state index contributed by atoms with van der Waals surface area (Å²) in [6, 6.07) is 12.7. The molecule has 34 heavy (non-hydrogen) atoms. The van der Waals surface area contributed by atoms with Crippen LogP contribution in [0.5, 0.6) is 0 Å². The molecule has 1 aromatic carbocycles. The van der Waals surface area contributed by atoms with E-state index in [9.17, 15) is 0 Å². The fourth-order valence-electron chi connectivity index (χ4n) is 3.86. The maximum atomic E-state index is 8.36. The Hall–Kier alpha value is -4.27. The van der Waals surface area contributed by atoms with Crippen LogP contribution in [0.4, 0.5) is 11.6 Å². The van der Waals surface area contributed by atoms with Crippen LogP contribution in [-0.4, -0.2) is 37.8 Å². The SMILES string of the molecule is Cc1cnn2c(N(C)Cc3ccccc3)cc(-c3cn(C(C)C)c(N)c3/C=C\N)nc12.O=CO. The van der Waals surface area contributed by atoms with Gasteiger partial charge in [0, 0.05) is 48.6 Å². The maximum Gasteiger partial charge on any atom is 0.290 e. The van der Waals surface area contributed by atoms with Crippen LogP contribution >= 0.6 is 0 Å². The largest absolute Gasteiger partial charge is 0.483 e. The number of anilines is 2. The summed E-state index contributed by atoms with van der Waals surface area (Å²) in [5.41, 5.74) is 17.9. The maximum absolute atomic E-state index is 8.36. The number of fused-ring (bicyclic) bond motifs is 1. The average Bonchev–Trinajstić information content (AvgIpc) is 3.35. The quantitative estimate of drug-likeness (QED) is 0.371. The molecule has 3 heterocycles. The number of aryl methyl sites for hydroxylation is 1. The van der Waals surface area contributed by atoms with Gasteiger partial charge >= 0.3 is 0 Å². The highest BCUT2D eigenvalue weighted by Crippen LogP contribution is 2.34. The highest BCUT2D eigenvalue weighted by Gasteiger charge is 2.19. The van der Waals surface area contributed by atoms with E-state index in [2.05, 4.69) is 67.4 Å². The van der Waals surface area contributed by atoms with Gasteiger partial charge in [-0.05, 0) is 38.6 Å². The molecule has 0 aliphatic heterocycles. The first-order chi connectivity index (χ1) is 16.3. The molecule has 0 aliphatic rings. The lowest BCUT2D eigenvalue weighted by Gasteiger charge is -2.21. The highest BCUT2D eigenvalue weighted by atomic mass is 16.3. The number of carboxylic acid groups (broad SMARTS) is 1. The minimum atomic E-state index is -0.250. The molecule has 0 unspecified atom stereocenters. The summed E-state index contributed by atoms with van der Waals surface area (Å²) in [4.78, 5) is 15.5. The third-order valence-electron chi connectivity index (χ3n) is 5.49. The van der Waals surface area contributed by atoms with E-state index in [0.717, 1.165) is 40.4 Å². The van der Waals surface area contributed by atoms with E-state index in [1.807, 2.05) is 34.3 Å². The zero-order valence-electron chi connectivity index (χ0n) is 19.9. The Morgan fingerprint density at radius 3 is 2.53 bits per heavy atom. The molecular weight excluding hydrogens is 430 g/mol. The lowest BCUT2D eigenvalue weighted by atomic mass is 10.1. The Labute approximate surface area is 198 Å². The van der Waals surface area contributed by atoms with E-state index >= 15 is 0 Å². The Kier molecular flexibility index (Phi) is 7.57. The van der Waals surface area contributed by atoms with E-state index in [4.69, 9.17) is 26.4 Å². The Morgan fingerprint density at radius 1 is 1.24 bits per heavy atom. The second-order valence-corrected chi connectivity index (χ2v) is 8.21. The molecule has 0 radical (unpaired) electrons. The number of nitrogen functional groups attached to an aromatic ring is 1. The first-order valence-corrected chi connectivity index (χ1v) is 10.9. The lowest BCUT2D eigenvalue weighted by molar-refractivity contribution is -0.122. The van der Waals surface area contributed by atoms with Gasteiger partial charge in [0.05, 0.1) is 11.9 Å². The molecule has 178 valence electrons. The van der Waals surface area contributed by atoms with Crippen LogP contribution in [0.25, 0.3) is 23.0 Å². The molecule has 4 aromatic rings. The third kappa shape index (κ3) is 4.88. The minimum Gasteiger partial charge on any atom is -0.483 e. The van der Waals surface area contributed by atoms with Crippen molar-refractivity contribution in [3.05, 3.63) is 71.7 Å². The molecule has 0 aliphatic carbocycles. The average molecular weight is 462 g/mol. The molecule has 0 bridgehead atoms. The summed E-state index contributed by atoms with van der Waals surface area (Å²) in [6.07, 6.45) is 7.26. The highest BCUT2D eigenvalue weighted by molar-refractivity contribution is 5.82. The standard InChI is InChI=1S/C24H29N7.CH2O2/c1-16(2)30-15-20(19(10-11-25)23(30)26)21-12-22(31-24(28-21)17(3)13-27-31)29(4)14-18-8-6-5-7-9-18;2-1-3/h5-13,15-16H,14,25-26H2,1-4H3;1H,(H,2,3)/b11-10-;. The van der Waals surface area contributed by atoms with Crippen molar-refractivity contribution < 1.29 is 9.90 Å². The Morgan fingerprint density at radius 2 is 1.91 bits per heavy atom. The van der Waals surface area contributed by atoms with Gasteiger partial charge in [0.15, 0.2) is 5.65 Å². The second kappa shape index (κ2) is 10.6. The predicted molar refractivity (Wildman–Crippen MR) is 136 cm³/mol. The van der Waals surface area contributed by atoms with Crippen molar-refractivity contribution >= 4 is 29.8 Å². The van der Waals surface area contributed by atoms with Gasteiger partial charge in [0.1, 0.15) is 11.6 Å². The van der Waals surface area contributed by atoms with Gasteiger partial charge in [-0.25, -0.2) is 4.98 Å². The molecule has 0 saturated carbocycles. The van der Waals surface area contributed by atoms with Gasteiger partial charge in [0.2, 0.25) is 0 Å². The summed E-state index contributed by atoms with van der Waals surface area (Å²) >= 11 is 0. The van der Waals surface area contributed by atoms with Crippen molar-refractivity contribution in [2.24, 2.45) is 5.73 Å². The molecule has 0 atom stereocenters. The smallest absolute Gasteiger partial charge is 0.290 e. The summed E-state index contributed by atoms with van der Waals surface area (Å²) in [6.45, 7) is 6.73. The zero-order valence-corrected chi connectivity index (χ0v) is 19.9. The second-order valence-electron chi connectivity index (χ2n) is 8.21. The topological polar surface area (TPSA) is 128 Å². The van der Waals surface area contributed by atoms with E-state index in [-0.39, 0.29) is 12.5 Å². The van der Waals surface area contributed by atoms with Crippen LogP contribution in [0, 0.1) is 6.92 Å². The van der Waals surface area contributed by atoms with Crippen molar-refractivity contribution in [2.75, 3.05) is 17.7 Å². The Balaban J connectivity index is 0.00000103. The molecule has 0 spiro atoms. The minimum absolute atomic E-state index is 0.222. The van der Waals surface area contributed by atoms with Crippen LogP contribution < -0.4 is 16.4 Å². The van der Waals surface area contributed by atoms with E-state index in [1.165, 1.54) is 11.8 Å². The van der Waals surface area contributed by atoms with Crippen molar-refractivity contribution in [1.82, 2.24) is 19.2 Å². The molecule has 9 nitrogen and oxygen atoms in total. The van der Waals surface area contributed by atoms with Crippen LogP contribution in [0.3, 0.4) is 0 Å². The van der Waals surface area contributed by atoms with Crippen LogP contribution in [0.15, 0.2) is 55.0 Å². The fraction of sp³-hybridized carbons (Fsp3) is 0.240. The van der Waals surface area contributed by atoms with Crippen LogP contribution in [0.2, 0.25) is 0 Å². The number of rotatable bonds is 6. The number of benzene rings is 1. The summed E-state index contributed by atoms with van der Waals surface area (Å²) in [5.74, 6) is 1.63. The van der Waals surface area contributed by atoms with E-state index < -0.39 is 0 Å². The molecule has 0 saturated heterocycles. The predicted octanol–water partition coefficient (Wildman–Crippen LogP) is 3.94. The van der Waals surface area contributed by atoms with E-state index in [0.29, 0.717) is 5.82 Å². The van der Waals surface area contributed by atoms with Gasteiger partial charge < -0.3 is 26.0 Å². The van der Waals surface area contributed by atoms with Gasteiger partial charge in [-0.2, -0.15) is 9.61 Å². The zero-order chi connectivity index (χ0) is 24.8. The first kappa shape index (κ1) is 24.4. The number of hydrogen-bond donors (Lipinski definition) is 3. The molecule has 4 rings (SSSR count). The van der Waals surface area contributed by atoms with Crippen LogP contribution in [-0.2, 0) is 11.3 Å². The molecule has 0 amide bonds. The van der Waals surface area contributed by atoms with Gasteiger partial charge in [-0.1, -0.05) is 30.3 Å². The first-order valence-electron chi connectivity index (χ1n) is 10.9. The fourth-order valence-corrected chi connectivity index (χ4v) is 3.86. The van der Waals surface area contributed by atoms with Crippen molar-refractivity contribution in [3.63, 3.8) is 0 Å². The van der Waals surface area contributed by atoms with Gasteiger partial charge in [-0.3, -0.25) is 4.79 Å². The van der Waals surface area contributed by atoms with Crippen molar-refractivity contribution in [2.45, 2.75) is 33.4 Å². The third-order valence-corrected chi connectivity index (χ3v) is 5.49. The lowest BCUT2D eigenvalue weighted by Crippen LogP contribution is -2.20. The summed E-state index contributed by atoms with van der Waals surface area (Å²) < 4.78 is 3.94. The number of hydrogen-bond acceptors (Lipinski definition) is 6. The Bertz CT molecular complexity index is 1290. The van der Waals surface area contributed by atoms with Crippen molar-refractivity contribution in [3.8, 4) is 11.3 Å². The monoisotopic (exact) mass is 461 g/mol. The number of nitrogens with zero attached hydrogens (tertiary/aromatic N) is 5. The van der Waals surface area contributed by atoms with Crippen molar-refractivity contribution in [1.29, 1.82) is 0 Å². The normalized spacial score (nSPS) is 11.1. The van der Waals surface area contributed by atoms with Crippen LogP contribution in [0.1, 0.15) is 36.6 Å². The molecule has 9 heteroatoms. The number of nitrogens with two attached hydrogens (primary N) is 2. The molecule has 3 aromatic heterocycles. The molecular formula is C25H31N7O2. The van der Waals surface area contributed by atoms with E-state index in [1.54, 1.807) is 0 Å².